The fraction of sp³-hybridized carbons (Fsp3) is 0.727. The summed E-state index contributed by atoms with van der Waals surface area (Å²) in [7, 11) is 1.80. The van der Waals surface area contributed by atoms with E-state index < -0.39 is 12.1 Å². The molecule has 0 saturated carbocycles. The van der Waals surface area contributed by atoms with Crippen molar-refractivity contribution in [3.05, 3.63) is 12.2 Å². The van der Waals surface area contributed by atoms with Crippen LogP contribution in [0.25, 0.3) is 0 Å². The number of aliphatic hydroxyl groups excluding tert-OH is 1. The second kappa shape index (κ2) is 7.35. The van der Waals surface area contributed by atoms with Crippen molar-refractivity contribution in [1.82, 2.24) is 3.11 Å². The van der Waals surface area contributed by atoms with Crippen LogP contribution in [-0.2, 0) is 4.79 Å². The van der Waals surface area contributed by atoms with E-state index >= 15 is 0 Å². The van der Waals surface area contributed by atoms with Crippen molar-refractivity contribution in [2.75, 3.05) is 7.05 Å². The average Bonchev–Trinajstić information content (AvgIpc) is 2.12. The first-order valence-electron chi connectivity index (χ1n) is 5.10. The van der Waals surface area contributed by atoms with Crippen molar-refractivity contribution in [3.63, 3.8) is 0 Å². The Bertz CT molecular complexity index is 229. The summed E-state index contributed by atoms with van der Waals surface area (Å²) >= 11 is 2.04. The summed E-state index contributed by atoms with van der Waals surface area (Å²) in [5.41, 5.74) is 0. The number of carbonyl (C=O) groups excluding carboxylic acids is 1. The molecule has 0 aliphatic rings. The highest BCUT2D eigenvalue weighted by Gasteiger charge is 2.30. The van der Waals surface area contributed by atoms with Crippen LogP contribution in [0.2, 0.25) is 0 Å². The fourth-order valence-corrected chi connectivity index (χ4v) is 2.22. The topological polar surface area (TPSA) is 40.5 Å². The molecule has 15 heavy (non-hydrogen) atoms. The first-order chi connectivity index (χ1) is 6.91. The van der Waals surface area contributed by atoms with Gasteiger partial charge in [-0.25, -0.2) is 3.11 Å². The molecule has 3 nitrogen and oxygen atoms in total. The van der Waals surface area contributed by atoms with E-state index in [4.69, 9.17) is 0 Å². The van der Waals surface area contributed by atoms with Gasteiger partial charge in [-0.2, -0.15) is 0 Å². The van der Waals surface area contributed by atoms with Crippen LogP contribution in [0.15, 0.2) is 12.2 Å². The van der Waals surface area contributed by atoms with Gasteiger partial charge in [-0.1, -0.05) is 19.1 Å². The van der Waals surface area contributed by atoms with Crippen LogP contribution in [0, 0.1) is 5.92 Å². The monoisotopic (exact) mass is 325 g/mol. The van der Waals surface area contributed by atoms with Gasteiger partial charge in [-0.3, -0.25) is 4.79 Å². The molecule has 3 atom stereocenters. The molecule has 0 aliphatic heterocycles. The molecule has 0 bridgehead atoms. The van der Waals surface area contributed by atoms with E-state index in [1.54, 1.807) is 10.2 Å². The van der Waals surface area contributed by atoms with Gasteiger partial charge < -0.3 is 5.11 Å². The van der Waals surface area contributed by atoms with Crippen molar-refractivity contribution in [2.45, 2.75) is 39.3 Å². The summed E-state index contributed by atoms with van der Waals surface area (Å²) in [6.07, 6.45) is 4.16. The molecular weight excluding hydrogens is 305 g/mol. The lowest BCUT2D eigenvalue weighted by molar-refractivity contribution is -0.124. The molecule has 0 spiro atoms. The van der Waals surface area contributed by atoms with Crippen molar-refractivity contribution in [3.8, 4) is 0 Å². The summed E-state index contributed by atoms with van der Waals surface area (Å²) in [5, 5.41) is 10.0. The zero-order valence-electron chi connectivity index (χ0n) is 9.77. The molecule has 0 rings (SSSR count). The van der Waals surface area contributed by atoms with Gasteiger partial charge in [0.25, 0.3) is 0 Å². The molecular formula is C11H20INO2. The Balaban J connectivity index is 4.48. The average molecular weight is 325 g/mol. The number of aliphatic hydroxyl groups is 1. The minimum Gasteiger partial charge on any atom is -0.391 e. The second-order valence-electron chi connectivity index (χ2n) is 3.85. The van der Waals surface area contributed by atoms with Crippen molar-refractivity contribution < 1.29 is 9.90 Å². The van der Waals surface area contributed by atoms with E-state index in [1.165, 1.54) is 6.92 Å². The lowest BCUT2D eigenvalue weighted by Crippen LogP contribution is -2.44. The second-order valence-corrected chi connectivity index (χ2v) is 5.37. The molecule has 0 unspecified atom stereocenters. The third-order valence-corrected chi connectivity index (χ3v) is 3.05. The molecule has 0 aliphatic carbocycles. The highest BCUT2D eigenvalue weighted by molar-refractivity contribution is 14.1. The number of ketones is 1. The quantitative estimate of drug-likeness (QED) is 0.462. The van der Waals surface area contributed by atoms with Crippen LogP contribution in [0.1, 0.15) is 27.2 Å². The smallest absolute Gasteiger partial charge is 0.150 e. The maximum absolute atomic E-state index is 11.4. The molecule has 0 heterocycles. The fourth-order valence-electron chi connectivity index (χ4n) is 1.50. The SMILES string of the molecule is C/C=C\C[C@@H](C)[C@@H](O)[C@@H](C(C)=O)N(C)I. The van der Waals surface area contributed by atoms with Gasteiger partial charge in [0.05, 0.1) is 6.10 Å². The molecule has 88 valence electrons. The zero-order chi connectivity index (χ0) is 12.0. The number of likely N-dealkylation sites (N-methyl/N-ethyl adjacent to an activating group) is 1. The van der Waals surface area contributed by atoms with Gasteiger partial charge in [-0.15, -0.1) is 0 Å². The molecule has 0 radical (unpaired) electrons. The number of hydrogen-bond acceptors (Lipinski definition) is 3. The molecule has 0 aromatic rings. The van der Waals surface area contributed by atoms with Crippen LogP contribution in [0.3, 0.4) is 0 Å². The summed E-state index contributed by atoms with van der Waals surface area (Å²) in [5.74, 6) is 0.0963. The molecule has 0 aromatic carbocycles. The van der Waals surface area contributed by atoms with Crippen LogP contribution >= 0.6 is 22.9 Å². The summed E-state index contributed by atoms with van der Waals surface area (Å²) in [6, 6.07) is -0.411. The predicted octanol–water partition coefficient (Wildman–Crippen LogP) is 2.19. The van der Waals surface area contributed by atoms with Gasteiger partial charge in [0.2, 0.25) is 0 Å². The van der Waals surface area contributed by atoms with Crippen molar-refractivity contribution in [1.29, 1.82) is 0 Å². The lowest BCUT2D eigenvalue weighted by Gasteiger charge is -2.28. The normalized spacial score (nSPS) is 18.1. The number of carbonyl (C=O) groups is 1. The van der Waals surface area contributed by atoms with Gasteiger partial charge in [-0.05, 0) is 33.2 Å². The number of hydrogen-bond donors (Lipinski definition) is 1. The van der Waals surface area contributed by atoms with Crippen LogP contribution in [0.5, 0.6) is 0 Å². The third-order valence-electron chi connectivity index (χ3n) is 2.45. The highest BCUT2D eigenvalue weighted by atomic mass is 127. The van der Waals surface area contributed by atoms with E-state index in [0.717, 1.165) is 6.42 Å². The summed E-state index contributed by atoms with van der Waals surface area (Å²) in [4.78, 5) is 11.4. The third kappa shape index (κ3) is 5.08. The van der Waals surface area contributed by atoms with Crippen LogP contribution in [0.4, 0.5) is 0 Å². The van der Waals surface area contributed by atoms with Crippen molar-refractivity contribution >= 4 is 28.6 Å². The Labute approximate surface area is 106 Å². The Morgan fingerprint density at radius 2 is 2.13 bits per heavy atom. The maximum atomic E-state index is 11.4. The number of rotatable bonds is 6. The van der Waals surface area contributed by atoms with Gasteiger partial charge >= 0.3 is 0 Å². The molecule has 1 N–H and O–H groups in total. The summed E-state index contributed by atoms with van der Waals surface area (Å²) in [6.45, 7) is 5.43. The zero-order valence-corrected chi connectivity index (χ0v) is 11.9. The van der Waals surface area contributed by atoms with Crippen LogP contribution in [-0.4, -0.2) is 33.2 Å². The number of halogens is 1. The van der Waals surface area contributed by atoms with E-state index in [0.29, 0.717) is 0 Å². The van der Waals surface area contributed by atoms with Gasteiger partial charge in [0.15, 0.2) is 0 Å². The number of Topliss-reactive ketones (excluding diaryl/α,β-unsaturated/α-hetero) is 1. The highest BCUT2D eigenvalue weighted by Crippen LogP contribution is 2.18. The molecule has 0 fully saturated rings. The molecule has 4 heteroatoms. The lowest BCUT2D eigenvalue weighted by atomic mass is 9.93. The van der Waals surface area contributed by atoms with Crippen molar-refractivity contribution in [2.24, 2.45) is 5.92 Å². The standard InChI is InChI=1S/C11H20INO2/c1-5-6-7-8(2)11(15)10(9(3)14)13(4)12/h5-6,8,10-11,15H,7H2,1-4H3/b6-5-/t8-,10-,11-/m1/s1. The molecule has 0 aromatic heterocycles. The minimum atomic E-state index is -0.611. The van der Waals surface area contributed by atoms with E-state index in [9.17, 15) is 9.90 Å². The Morgan fingerprint density at radius 1 is 1.60 bits per heavy atom. The van der Waals surface area contributed by atoms with E-state index in [2.05, 4.69) is 0 Å². The van der Waals surface area contributed by atoms with E-state index in [-0.39, 0.29) is 11.7 Å². The Hall–Kier alpha value is 0.0600. The van der Waals surface area contributed by atoms with E-state index in [1.807, 2.05) is 48.9 Å². The number of nitrogens with zero attached hydrogens (tertiary/aromatic N) is 1. The Morgan fingerprint density at radius 3 is 2.47 bits per heavy atom. The number of allylic oxidation sites excluding steroid dienone is 2. The maximum Gasteiger partial charge on any atom is 0.150 e. The summed E-state index contributed by atoms with van der Waals surface area (Å²) < 4.78 is 1.75. The molecule has 0 amide bonds. The largest absolute Gasteiger partial charge is 0.391 e. The predicted molar refractivity (Wildman–Crippen MR) is 70.9 cm³/mol. The van der Waals surface area contributed by atoms with Gasteiger partial charge in [0, 0.05) is 22.9 Å². The first kappa shape index (κ1) is 15.1. The van der Waals surface area contributed by atoms with Crippen LogP contribution < -0.4 is 0 Å². The van der Waals surface area contributed by atoms with Gasteiger partial charge in [0.1, 0.15) is 11.8 Å². The molecule has 0 saturated heterocycles. The Kier molecular flexibility index (Phi) is 7.38. The minimum absolute atomic E-state index is 0.00623. The first-order valence-corrected chi connectivity index (χ1v) is 6.06.